The number of rotatable bonds is 6. The van der Waals surface area contributed by atoms with E-state index in [4.69, 9.17) is 9.47 Å². The van der Waals surface area contributed by atoms with Gasteiger partial charge in [-0.1, -0.05) is 0 Å². The average Bonchev–Trinajstić information content (AvgIpc) is 2.52. The van der Waals surface area contributed by atoms with Gasteiger partial charge in [0.1, 0.15) is 12.7 Å². The van der Waals surface area contributed by atoms with E-state index < -0.39 is 6.10 Å². The monoisotopic (exact) mass is 337 g/mol. The van der Waals surface area contributed by atoms with Crippen molar-refractivity contribution in [3.05, 3.63) is 0 Å². The van der Waals surface area contributed by atoms with Crippen molar-refractivity contribution in [2.45, 2.75) is 51.0 Å². The highest BCUT2D eigenvalue weighted by Crippen LogP contribution is 2.61. The van der Waals surface area contributed by atoms with Crippen LogP contribution in [-0.4, -0.2) is 61.5 Å². The summed E-state index contributed by atoms with van der Waals surface area (Å²) in [5.74, 6) is 2.47. The number of hydrogen-bond donors (Lipinski definition) is 1. The summed E-state index contributed by atoms with van der Waals surface area (Å²) in [7, 11) is 0. The highest BCUT2D eigenvalue weighted by molar-refractivity contribution is 5.70. The van der Waals surface area contributed by atoms with E-state index in [1.165, 1.54) is 38.5 Å². The fourth-order valence-electron chi connectivity index (χ4n) is 6.19. The van der Waals surface area contributed by atoms with Crippen LogP contribution < -0.4 is 0 Å². The predicted molar refractivity (Wildman–Crippen MR) is 89.4 cm³/mol. The fourth-order valence-corrected chi connectivity index (χ4v) is 6.19. The molecule has 0 aromatic heterocycles. The van der Waals surface area contributed by atoms with E-state index >= 15 is 0 Å². The molecule has 5 heteroatoms. The maximum Gasteiger partial charge on any atom is 0.306 e. The third-order valence-electron chi connectivity index (χ3n) is 6.69. The molecule has 1 saturated heterocycles. The Morgan fingerprint density at radius 1 is 1.12 bits per heavy atom. The predicted octanol–water partition coefficient (Wildman–Crippen LogP) is 1.83. The molecule has 24 heavy (non-hydrogen) atoms. The molecule has 136 valence electrons. The van der Waals surface area contributed by atoms with E-state index in [0.29, 0.717) is 13.0 Å². The van der Waals surface area contributed by atoms with Crippen LogP contribution in [0.2, 0.25) is 0 Å². The minimum Gasteiger partial charge on any atom is -0.463 e. The number of aliphatic hydroxyl groups excluding tert-OH is 1. The summed E-state index contributed by atoms with van der Waals surface area (Å²) in [5, 5.41) is 10.1. The molecule has 5 aliphatic rings. The fraction of sp³-hybridized carbons (Fsp3) is 0.947. The summed E-state index contributed by atoms with van der Waals surface area (Å²) in [4.78, 5) is 14.5. The van der Waals surface area contributed by atoms with Crippen LogP contribution >= 0.6 is 0 Å². The Morgan fingerprint density at radius 3 is 2.29 bits per heavy atom. The molecule has 1 aliphatic heterocycles. The van der Waals surface area contributed by atoms with Gasteiger partial charge in [0.25, 0.3) is 0 Å². The number of carbonyl (C=O) groups excluding carboxylic acids is 1. The Bertz CT molecular complexity index is 425. The molecule has 0 aromatic rings. The minimum absolute atomic E-state index is 0.0991. The number of ether oxygens (including phenoxy) is 2. The minimum atomic E-state index is -0.594. The molecule has 1 N–H and O–H groups in total. The first-order valence-electron chi connectivity index (χ1n) is 9.74. The first-order chi connectivity index (χ1) is 11.6. The Labute approximate surface area is 144 Å². The number of nitrogens with zero attached hydrogens (tertiary/aromatic N) is 1. The van der Waals surface area contributed by atoms with Gasteiger partial charge in [0.05, 0.1) is 19.6 Å². The zero-order valence-corrected chi connectivity index (χ0v) is 14.6. The second kappa shape index (κ2) is 6.93. The van der Waals surface area contributed by atoms with Crippen molar-refractivity contribution in [2.24, 2.45) is 23.2 Å². The van der Waals surface area contributed by atoms with Crippen LogP contribution in [0.25, 0.3) is 0 Å². The van der Waals surface area contributed by atoms with E-state index in [0.717, 1.165) is 44.1 Å². The molecule has 5 rings (SSSR count). The average molecular weight is 337 g/mol. The lowest BCUT2D eigenvalue weighted by Crippen LogP contribution is -2.47. The Hall–Kier alpha value is -0.650. The third-order valence-corrected chi connectivity index (χ3v) is 6.69. The van der Waals surface area contributed by atoms with Gasteiger partial charge in [-0.3, -0.25) is 9.69 Å². The molecule has 4 saturated carbocycles. The second-order valence-electron chi connectivity index (χ2n) is 8.84. The smallest absolute Gasteiger partial charge is 0.306 e. The van der Waals surface area contributed by atoms with Crippen molar-refractivity contribution in [2.75, 3.05) is 39.5 Å². The number of hydrogen-bond acceptors (Lipinski definition) is 5. The van der Waals surface area contributed by atoms with Crippen molar-refractivity contribution in [1.29, 1.82) is 0 Å². The zero-order valence-electron chi connectivity index (χ0n) is 14.6. The SMILES string of the molecule is O=C(CC12CC3CC(CC(C3)C1)C2)OCC(O)CN1CCOCC1. The summed E-state index contributed by atoms with van der Waals surface area (Å²) in [5.41, 5.74) is 0.223. The first kappa shape index (κ1) is 16.8. The van der Waals surface area contributed by atoms with E-state index in [1.54, 1.807) is 0 Å². The van der Waals surface area contributed by atoms with E-state index in [-0.39, 0.29) is 18.0 Å². The van der Waals surface area contributed by atoms with Crippen molar-refractivity contribution >= 4 is 5.97 Å². The van der Waals surface area contributed by atoms with Gasteiger partial charge in [-0.2, -0.15) is 0 Å². The van der Waals surface area contributed by atoms with Crippen LogP contribution in [-0.2, 0) is 14.3 Å². The van der Waals surface area contributed by atoms with Crippen LogP contribution in [0.1, 0.15) is 44.9 Å². The quantitative estimate of drug-likeness (QED) is 0.750. The number of esters is 1. The Morgan fingerprint density at radius 2 is 1.71 bits per heavy atom. The normalized spacial score (nSPS) is 39.8. The van der Waals surface area contributed by atoms with Gasteiger partial charge in [-0.15, -0.1) is 0 Å². The lowest BCUT2D eigenvalue weighted by Gasteiger charge is -2.56. The van der Waals surface area contributed by atoms with Crippen LogP contribution in [0.4, 0.5) is 0 Å². The summed E-state index contributed by atoms with van der Waals surface area (Å²) >= 11 is 0. The maximum absolute atomic E-state index is 12.4. The highest BCUT2D eigenvalue weighted by Gasteiger charge is 2.51. The summed E-state index contributed by atoms with van der Waals surface area (Å²) in [6.45, 7) is 3.82. The molecule has 4 aliphatic carbocycles. The van der Waals surface area contributed by atoms with Gasteiger partial charge in [0.15, 0.2) is 0 Å². The third kappa shape index (κ3) is 3.78. The number of morpholine rings is 1. The lowest BCUT2D eigenvalue weighted by molar-refractivity contribution is -0.155. The van der Waals surface area contributed by atoms with Crippen LogP contribution in [0.3, 0.4) is 0 Å². The van der Waals surface area contributed by atoms with Crippen LogP contribution in [0, 0.1) is 23.2 Å². The molecule has 1 heterocycles. The lowest BCUT2D eigenvalue weighted by atomic mass is 9.49. The molecular weight excluding hydrogens is 306 g/mol. The first-order valence-corrected chi connectivity index (χ1v) is 9.74. The molecule has 5 nitrogen and oxygen atoms in total. The molecule has 1 unspecified atom stereocenters. The van der Waals surface area contributed by atoms with Gasteiger partial charge in [-0.25, -0.2) is 0 Å². The zero-order chi connectivity index (χ0) is 16.6. The Kier molecular flexibility index (Phi) is 4.85. The standard InChI is InChI=1S/C19H31NO4/c21-17(12-20-1-3-23-4-2-20)13-24-18(22)11-19-8-14-5-15(9-19)7-16(6-14)10-19/h14-17,21H,1-13H2. The number of β-amino-alcohol motifs (C(OH)–C–C–N with tert-alkyl or cyclic N) is 1. The van der Waals surface area contributed by atoms with Crippen molar-refractivity contribution in [3.63, 3.8) is 0 Å². The van der Waals surface area contributed by atoms with Crippen molar-refractivity contribution in [1.82, 2.24) is 4.90 Å². The molecule has 1 atom stereocenters. The second-order valence-corrected chi connectivity index (χ2v) is 8.84. The summed E-state index contributed by atoms with van der Waals surface area (Å²) in [6, 6.07) is 0. The maximum atomic E-state index is 12.4. The Balaban J connectivity index is 1.22. The molecule has 0 aromatic carbocycles. The molecular formula is C19H31NO4. The summed E-state index contributed by atoms with van der Waals surface area (Å²) < 4.78 is 10.7. The number of carbonyl (C=O) groups is 1. The van der Waals surface area contributed by atoms with Gasteiger partial charge < -0.3 is 14.6 Å². The molecule has 0 spiro atoms. The topological polar surface area (TPSA) is 59.0 Å². The largest absolute Gasteiger partial charge is 0.463 e. The van der Waals surface area contributed by atoms with Gasteiger partial charge in [-0.05, 0) is 61.7 Å². The highest BCUT2D eigenvalue weighted by atomic mass is 16.5. The van der Waals surface area contributed by atoms with Crippen molar-refractivity contribution < 1.29 is 19.4 Å². The number of aliphatic hydroxyl groups is 1. The van der Waals surface area contributed by atoms with Gasteiger partial charge >= 0.3 is 5.97 Å². The molecule has 0 amide bonds. The molecule has 0 radical (unpaired) electrons. The van der Waals surface area contributed by atoms with E-state index in [2.05, 4.69) is 4.90 Å². The van der Waals surface area contributed by atoms with Crippen molar-refractivity contribution in [3.8, 4) is 0 Å². The van der Waals surface area contributed by atoms with Crippen LogP contribution in [0.15, 0.2) is 0 Å². The van der Waals surface area contributed by atoms with Crippen LogP contribution in [0.5, 0.6) is 0 Å². The van der Waals surface area contributed by atoms with E-state index in [9.17, 15) is 9.90 Å². The molecule has 5 fully saturated rings. The van der Waals surface area contributed by atoms with Gasteiger partial charge in [0.2, 0.25) is 0 Å². The summed E-state index contributed by atoms with van der Waals surface area (Å²) in [6.07, 6.45) is 7.84. The van der Waals surface area contributed by atoms with Gasteiger partial charge in [0, 0.05) is 19.6 Å². The molecule has 4 bridgehead atoms. The van der Waals surface area contributed by atoms with E-state index in [1.807, 2.05) is 0 Å².